The second-order valence-electron chi connectivity index (χ2n) is 3.71. The molecule has 1 N–H and O–H groups in total. The predicted octanol–water partition coefficient (Wildman–Crippen LogP) is 0.0933. The number of carboxylic acid groups (broad SMARTS) is 1. The molecule has 1 rings (SSSR count). The molecule has 0 saturated heterocycles. The van der Waals surface area contributed by atoms with Crippen molar-refractivity contribution in [3.8, 4) is 12.3 Å². The Morgan fingerprint density at radius 3 is 2.68 bits per heavy atom. The monoisotopic (exact) mass is 265 g/mol. The SMILES string of the molecule is C#CCN(CC(=O)O)C(=O)c1cc([N+](=O)[O-])cn1C. The molecule has 100 valence electrons. The van der Waals surface area contributed by atoms with E-state index in [4.69, 9.17) is 11.5 Å². The van der Waals surface area contributed by atoms with Crippen molar-refractivity contribution < 1.29 is 19.6 Å². The fourth-order valence-corrected chi connectivity index (χ4v) is 1.49. The molecule has 1 heterocycles. The summed E-state index contributed by atoms with van der Waals surface area (Å²) in [5, 5.41) is 19.3. The van der Waals surface area contributed by atoms with E-state index in [1.807, 2.05) is 0 Å². The molecule has 0 aliphatic carbocycles. The number of nitrogens with zero attached hydrogens (tertiary/aromatic N) is 3. The standard InChI is InChI=1S/C11H11N3O5/c1-3-4-13(7-10(15)16)11(17)9-5-8(14(18)19)6-12(9)2/h1,5-6H,4,7H2,2H3,(H,15,16). The van der Waals surface area contributed by atoms with Gasteiger partial charge in [-0.1, -0.05) is 5.92 Å². The highest BCUT2D eigenvalue weighted by molar-refractivity contribution is 5.95. The van der Waals surface area contributed by atoms with Crippen LogP contribution in [0, 0.1) is 22.5 Å². The van der Waals surface area contributed by atoms with Gasteiger partial charge in [0.05, 0.1) is 17.7 Å². The van der Waals surface area contributed by atoms with Crippen LogP contribution >= 0.6 is 0 Å². The van der Waals surface area contributed by atoms with E-state index < -0.39 is 23.3 Å². The summed E-state index contributed by atoms with van der Waals surface area (Å²) in [4.78, 5) is 33.6. The summed E-state index contributed by atoms with van der Waals surface area (Å²) in [5.74, 6) is 0.286. The van der Waals surface area contributed by atoms with Gasteiger partial charge in [0.15, 0.2) is 0 Å². The summed E-state index contributed by atoms with van der Waals surface area (Å²) in [6.45, 7) is -0.758. The summed E-state index contributed by atoms with van der Waals surface area (Å²) in [6, 6.07) is 1.08. The molecule has 0 aliphatic rings. The third kappa shape index (κ3) is 3.32. The van der Waals surface area contributed by atoms with E-state index in [9.17, 15) is 19.7 Å². The Balaban J connectivity index is 3.06. The van der Waals surface area contributed by atoms with Crippen molar-refractivity contribution in [2.24, 2.45) is 7.05 Å². The number of terminal acetylenes is 1. The third-order valence-electron chi connectivity index (χ3n) is 2.32. The van der Waals surface area contributed by atoms with Crippen LogP contribution < -0.4 is 0 Å². The largest absolute Gasteiger partial charge is 0.480 e. The summed E-state index contributed by atoms with van der Waals surface area (Å²) in [6.07, 6.45) is 6.23. The molecular formula is C11H11N3O5. The number of carbonyl (C=O) groups is 2. The highest BCUT2D eigenvalue weighted by atomic mass is 16.6. The first-order valence-electron chi connectivity index (χ1n) is 5.12. The molecule has 8 nitrogen and oxygen atoms in total. The molecule has 19 heavy (non-hydrogen) atoms. The number of carbonyl (C=O) groups excluding carboxylic acids is 1. The number of amides is 1. The van der Waals surface area contributed by atoms with Crippen LogP contribution in [0.3, 0.4) is 0 Å². The second-order valence-corrected chi connectivity index (χ2v) is 3.71. The van der Waals surface area contributed by atoms with Crippen LogP contribution in [0.2, 0.25) is 0 Å². The first kappa shape index (κ1) is 14.2. The lowest BCUT2D eigenvalue weighted by atomic mass is 10.3. The summed E-state index contributed by atoms with van der Waals surface area (Å²) in [7, 11) is 1.45. The zero-order valence-corrected chi connectivity index (χ0v) is 10.1. The van der Waals surface area contributed by atoms with E-state index in [0.717, 1.165) is 11.0 Å². The average molecular weight is 265 g/mol. The minimum atomic E-state index is -1.22. The van der Waals surface area contributed by atoms with Crippen molar-refractivity contribution in [3.05, 3.63) is 28.1 Å². The first-order chi connectivity index (χ1) is 8.86. The Kier molecular flexibility index (Phi) is 4.26. The number of aryl methyl sites for hydroxylation is 1. The van der Waals surface area contributed by atoms with Gasteiger partial charge in [-0.25, -0.2) is 0 Å². The van der Waals surface area contributed by atoms with Gasteiger partial charge < -0.3 is 14.6 Å². The van der Waals surface area contributed by atoms with Gasteiger partial charge in [-0.05, 0) is 0 Å². The van der Waals surface area contributed by atoms with E-state index in [1.54, 1.807) is 0 Å². The molecule has 0 bridgehead atoms. The van der Waals surface area contributed by atoms with Crippen molar-refractivity contribution >= 4 is 17.6 Å². The number of carboxylic acids is 1. The zero-order chi connectivity index (χ0) is 14.6. The number of hydrogen-bond donors (Lipinski definition) is 1. The molecule has 0 atom stereocenters. The minimum Gasteiger partial charge on any atom is -0.480 e. The Hall–Kier alpha value is -2.82. The van der Waals surface area contributed by atoms with Crippen molar-refractivity contribution in [1.82, 2.24) is 9.47 Å². The van der Waals surface area contributed by atoms with Gasteiger partial charge in [-0.3, -0.25) is 19.7 Å². The zero-order valence-electron chi connectivity index (χ0n) is 10.1. The van der Waals surface area contributed by atoms with E-state index in [1.165, 1.54) is 17.8 Å². The number of nitro groups is 1. The third-order valence-corrected chi connectivity index (χ3v) is 2.32. The van der Waals surface area contributed by atoms with E-state index >= 15 is 0 Å². The van der Waals surface area contributed by atoms with Crippen molar-refractivity contribution in [2.75, 3.05) is 13.1 Å². The van der Waals surface area contributed by atoms with Gasteiger partial charge in [-0.15, -0.1) is 6.42 Å². The molecular weight excluding hydrogens is 254 g/mol. The molecule has 8 heteroatoms. The molecule has 0 fully saturated rings. The van der Waals surface area contributed by atoms with Gasteiger partial charge in [-0.2, -0.15) is 0 Å². The first-order valence-corrected chi connectivity index (χ1v) is 5.12. The number of aliphatic carboxylic acids is 1. The topological polar surface area (TPSA) is 106 Å². The molecule has 0 aliphatic heterocycles. The van der Waals surface area contributed by atoms with Gasteiger partial charge in [0.1, 0.15) is 12.2 Å². The van der Waals surface area contributed by atoms with Crippen LogP contribution in [-0.4, -0.2) is 44.5 Å². The lowest BCUT2D eigenvalue weighted by Gasteiger charge is -2.17. The number of aromatic nitrogens is 1. The van der Waals surface area contributed by atoms with Crippen LogP contribution in [0.25, 0.3) is 0 Å². The van der Waals surface area contributed by atoms with Crippen LogP contribution in [0.1, 0.15) is 10.5 Å². The lowest BCUT2D eigenvalue weighted by Crippen LogP contribution is -2.36. The Morgan fingerprint density at radius 2 is 2.26 bits per heavy atom. The fraction of sp³-hybridized carbons (Fsp3) is 0.273. The molecule has 0 unspecified atom stereocenters. The molecule has 1 amide bonds. The van der Waals surface area contributed by atoms with Gasteiger partial charge in [0, 0.05) is 13.1 Å². The minimum absolute atomic E-state index is 0.00296. The number of hydrogen-bond acceptors (Lipinski definition) is 4. The maximum absolute atomic E-state index is 12.1. The summed E-state index contributed by atoms with van der Waals surface area (Å²) in [5.41, 5.74) is -0.245. The van der Waals surface area contributed by atoms with Crippen LogP contribution in [-0.2, 0) is 11.8 Å². The highest BCUT2D eigenvalue weighted by Gasteiger charge is 2.23. The van der Waals surface area contributed by atoms with Gasteiger partial charge in [0.25, 0.3) is 11.6 Å². The van der Waals surface area contributed by atoms with Gasteiger partial charge >= 0.3 is 5.97 Å². The second kappa shape index (κ2) is 5.68. The van der Waals surface area contributed by atoms with Crippen LogP contribution in [0.15, 0.2) is 12.3 Å². The van der Waals surface area contributed by atoms with E-state index in [-0.39, 0.29) is 17.9 Å². The van der Waals surface area contributed by atoms with Crippen molar-refractivity contribution in [1.29, 1.82) is 0 Å². The summed E-state index contributed by atoms with van der Waals surface area (Å²) < 4.78 is 1.26. The molecule has 0 spiro atoms. The smallest absolute Gasteiger partial charge is 0.323 e. The quantitative estimate of drug-likeness (QED) is 0.461. The van der Waals surface area contributed by atoms with E-state index in [0.29, 0.717) is 0 Å². The molecule has 1 aromatic heterocycles. The van der Waals surface area contributed by atoms with Crippen molar-refractivity contribution in [2.45, 2.75) is 0 Å². The predicted molar refractivity (Wildman–Crippen MR) is 64.4 cm³/mol. The van der Waals surface area contributed by atoms with E-state index in [2.05, 4.69) is 5.92 Å². The van der Waals surface area contributed by atoms with Crippen LogP contribution in [0.5, 0.6) is 0 Å². The highest BCUT2D eigenvalue weighted by Crippen LogP contribution is 2.16. The Labute approximate surface area is 108 Å². The average Bonchev–Trinajstić information content (AvgIpc) is 2.69. The molecule has 1 aromatic rings. The van der Waals surface area contributed by atoms with Gasteiger partial charge in [0.2, 0.25) is 0 Å². The maximum Gasteiger partial charge on any atom is 0.323 e. The number of rotatable bonds is 5. The van der Waals surface area contributed by atoms with Crippen molar-refractivity contribution in [3.63, 3.8) is 0 Å². The fourth-order valence-electron chi connectivity index (χ4n) is 1.49. The summed E-state index contributed by atoms with van der Waals surface area (Å²) >= 11 is 0. The normalized spacial score (nSPS) is 9.68. The lowest BCUT2D eigenvalue weighted by molar-refractivity contribution is -0.384. The Bertz CT molecular complexity index is 569. The molecule has 0 saturated carbocycles. The maximum atomic E-state index is 12.1. The molecule has 0 aromatic carbocycles. The van der Waals surface area contributed by atoms with Crippen LogP contribution in [0.4, 0.5) is 5.69 Å². The Morgan fingerprint density at radius 1 is 1.63 bits per heavy atom. The molecule has 0 radical (unpaired) electrons.